The Balaban J connectivity index is 0.00000289. The Morgan fingerprint density at radius 1 is 1.28 bits per heavy atom. The molecule has 0 fully saturated rings. The number of alkyl halides is 3. The molecule has 1 atom stereocenters. The normalized spacial score (nSPS) is 13.3. The average molecular weight is 282 g/mol. The molecule has 0 bridgehead atoms. The second-order valence-electron chi connectivity index (χ2n) is 4.32. The molecule has 0 N–H and O–H groups in total. The van der Waals surface area contributed by atoms with Crippen LogP contribution in [0.2, 0.25) is 0 Å². The number of benzene rings is 1. The highest BCUT2D eigenvalue weighted by Crippen LogP contribution is 2.29. The monoisotopic (exact) mass is 281 g/mol. The summed E-state index contributed by atoms with van der Waals surface area (Å²) >= 11 is 0. The fraction of sp³-hybridized carbons (Fsp3) is 0.538. The third-order valence-corrected chi connectivity index (χ3v) is 3.04. The van der Waals surface area contributed by atoms with E-state index in [0.29, 0.717) is 6.42 Å². The van der Waals surface area contributed by atoms with Gasteiger partial charge in [-0.1, -0.05) is 25.1 Å². The summed E-state index contributed by atoms with van der Waals surface area (Å²) in [6.45, 7) is 4.94. The number of rotatable bonds is 4. The van der Waals surface area contributed by atoms with Crippen molar-refractivity contribution >= 4 is 12.4 Å². The quantitative estimate of drug-likeness (QED) is 0.806. The lowest BCUT2D eigenvalue weighted by Crippen LogP contribution is -2.30. The van der Waals surface area contributed by atoms with E-state index in [-0.39, 0.29) is 18.4 Å². The van der Waals surface area contributed by atoms with E-state index in [4.69, 9.17) is 0 Å². The van der Waals surface area contributed by atoms with Crippen molar-refractivity contribution in [1.29, 1.82) is 0 Å². The van der Waals surface area contributed by atoms with Crippen molar-refractivity contribution in [2.45, 2.75) is 32.5 Å². The van der Waals surface area contributed by atoms with Crippen molar-refractivity contribution in [2.75, 3.05) is 13.6 Å². The Hall–Kier alpha value is -0.740. The van der Waals surface area contributed by atoms with Crippen LogP contribution in [0.4, 0.5) is 13.2 Å². The molecule has 0 heterocycles. The zero-order chi connectivity index (χ0) is 13.1. The molecule has 0 spiro atoms. The molecule has 0 saturated carbocycles. The lowest BCUT2D eigenvalue weighted by atomic mass is 10.0. The van der Waals surface area contributed by atoms with Gasteiger partial charge >= 0.3 is 6.18 Å². The highest BCUT2D eigenvalue weighted by Gasteiger charge is 2.30. The van der Waals surface area contributed by atoms with Crippen molar-refractivity contribution in [2.24, 2.45) is 0 Å². The average Bonchev–Trinajstić information content (AvgIpc) is 2.27. The molecule has 104 valence electrons. The van der Waals surface area contributed by atoms with E-state index >= 15 is 0 Å². The molecule has 1 nitrogen and oxygen atoms in total. The highest BCUT2D eigenvalue weighted by atomic mass is 35.5. The summed E-state index contributed by atoms with van der Waals surface area (Å²) in [4.78, 5) is 2.11. The Bertz CT molecular complexity index is 365. The summed E-state index contributed by atoms with van der Waals surface area (Å²) in [5.41, 5.74) is 0.161. The fourth-order valence-electron chi connectivity index (χ4n) is 1.68. The molecule has 0 saturated heterocycles. The standard InChI is InChI=1S/C13H18F3N.ClH/c1-4-17(3)10(2)8-11-6-5-7-12(9-11)13(14,15)16;/h5-7,9-10H,4,8H2,1-3H3;1H. The maximum absolute atomic E-state index is 12.5. The van der Waals surface area contributed by atoms with Gasteiger partial charge in [0.05, 0.1) is 5.56 Å². The zero-order valence-electron chi connectivity index (χ0n) is 10.8. The van der Waals surface area contributed by atoms with Crippen LogP contribution in [0.15, 0.2) is 24.3 Å². The second kappa shape index (κ2) is 7.00. The van der Waals surface area contributed by atoms with Gasteiger partial charge in [0.25, 0.3) is 0 Å². The summed E-state index contributed by atoms with van der Waals surface area (Å²) in [5, 5.41) is 0. The summed E-state index contributed by atoms with van der Waals surface area (Å²) in [6.07, 6.45) is -3.62. The first-order valence-corrected chi connectivity index (χ1v) is 5.71. The van der Waals surface area contributed by atoms with Gasteiger partial charge in [-0.3, -0.25) is 0 Å². The van der Waals surface area contributed by atoms with E-state index < -0.39 is 11.7 Å². The van der Waals surface area contributed by atoms with E-state index in [0.717, 1.165) is 18.2 Å². The van der Waals surface area contributed by atoms with Gasteiger partial charge in [-0.25, -0.2) is 0 Å². The number of hydrogen-bond donors (Lipinski definition) is 0. The molecule has 0 amide bonds. The lowest BCUT2D eigenvalue weighted by Gasteiger charge is -2.23. The van der Waals surface area contributed by atoms with E-state index in [1.54, 1.807) is 6.07 Å². The van der Waals surface area contributed by atoms with Crippen LogP contribution in [0.1, 0.15) is 25.0 Å². The van der Waals surface area contributed by atoms with Crippen LogP contribution in [0.3, 0.4) is 0 Å². The van der Waals surface area contributed by atoms with Crippen LogP contribution in [0, 0.1) is 0 Å². The first-order valence-electron chi connectivity index (χ1n) is 5.71. The molecule has 0 aliphatic heterocycles. The molecule has 0 aliphatic carbocycles. The van der Waals surface area contributed by atoms with Crippen molar-refractivity contribution < 1.29 is 13.2 Å². The summed E-state index contributed by atoms with van der Waals surface area (Å²) in [5.74, 6) is 0. The van der Waals surface area contributed by atoms with Gasteiger partial charge < -0.3 is 4.90 Å². The van der Waals surface area contributed by atoms with Crippen molar-refractivity contribution in [1.82, 2.24) is 4.90 Å². The first-order chi connectivity index (χ1) is 7.84. The van der Waals surface area contributed by atoms with Gasteiger partial charge in [0.2, 0.25) is 0 Å². The van der Waals surface area contributed by atoms with Crippen LogP contribution in [0.5, 0.6) is 0 Å². The molecule has 5 heteroatoms. The number of halogens is 4. The molecule has 1 aromatic rings. The molecular weight excluding hydrogens is 263 g/mol. The number of likely N-dealkylation sites (N-methyl/N-ethyl adjacent to an activating group) is 1. The second-order valence-corrected chi connectivity index (χ2v) is 4.32. The third-order valence-electron chi connectivity index (χ3n) is 3.04. The molecule has 1 unspecified atom stereocenters. The lowest BCUT2D eigenvalue weighted by molar-refractivity contribution is -0.137. The highest BCUT2D eigenvalue weighted by molar-refractivity contribution is 5.85. The maximum Gasteiger partial charge on any atom is 0.416 e. The van der Waals surface area contributed by atoms with Crippen molar-refractivity contribution in [3.8, 4) is 0 Å². The minimum atomic E-state index is -4.25. The summed E-state index contributed by atoms with van der Waals surface area (Å²) in [6, 6.07) is 5.80. The van der Waals surface area contributed by atoms with Gasteiger partial charge in [0.1, 0.15) is 0 Å². The van der Waals surface area contributed by atoms with E-state index in [1.165, 1.54) is 12.1 Å². The van der Waals surface area contributed by atoms with Crippen LogP contribution in [0.25, 0.3) is 0 Å². The van der Waals surface area contributed by atoms with Crippen LogP contribution < -0.4 is 0 Å². The van der Waals surface area contributed by atoms with Gasteiger partial charge in [-0.05, 0) is 38.6 Å². The molecule has 0 aromatic heterocycles. The molecule has 1 aromatic carbocycles. The predicted octanol–water partition coefficient (Wildman–Crippen LogP) is 4.01. The maximum atomic E-state index is 12.5. The Kier molecular flexibility index (Phi) is 6.71. The van der Waals surface area contributed by atoms with Crippen LogP contribution in [-0.4, -0.2) is 24.5 Å². The minimum Gasteiger partial charge on any atom is -0.304 e. The topological polar surface area (TPSA) is 3.24 Å². The fourth-order valence-corrected chi connectivity index (χ4v) is 1.68. The third kappa shape index (κ3) is 4.86. The molecule has 0 radical (unpaired) electrons. The van der Waals surface area contributed by atoms with Gasteiger partial charge in [0.15, 0.2) is 0 Å². The molecule has 18 heavy (non-hydrogen) atoms. The molecule has 0 aliphatic rings. The minimum absolute atomic E-state index is 0. The Morgan fingerprint density at radius 2 is 1.89 bits per heavy atom. The smallest absolute Gasteiger partial charge is 0.304 e. The van der Waals surface area contributed by atoms with Gasteiger partial charge in [-0.15, -0.1) is 12.4 Å². The summed E-state index contributed by atoms with van der Waals surface area (Å²) < 4.78 is 37.6. The predicted molar refractivity (Wildman–Crippen MR) is 70.2 cm³/mol. The number of hydrogen-bond acceptors (Lipinski definition) is 1. The number of nitrogens with zero attached hydrogens (tertiary/aromatic N) is 1. The van der Waals surface area contributed by atoms with Crippen molar-refractivity contribution in [3.63, 3.8) is 0 Å². The Morgan fingerprint density at radius 3 is 2.39 bits per heavy atom. The SMILES string of the molecule is CCN(C)C(C)Cc1cccc(C(F)(F)F)c1.Cl. The van der Waals surface area contributed by atoms with Gasteiger partial charge in [-0.2, -0.15) is 13.2 Å². The van der Waals surface area contributed by atoms with Crippen molar-refractivity contribution in [3.05, 3.63) is 35.4 Å². The zero-order valence-corrected chi connectivity index (χ0v) is 11.6. The van der Waals surface area contributed by atoms with E-state index in [2.05, 4.69) is 4.90 Å². The van der Waals surface area contributed by atoms with Crippen LogP contribution in [-0.2, 0) is 12.6 Å². The largest absolute Gasteiger partial charge is 0.416 e. The molecule has 1 rings (SSSR count). The van der Waals surface area contributed by atoms with Crippen LogP contribution >= 0.6 is 12.4 Å². The van der Waals surface area contributed by atoms with Gasteiger partial charge in [0, 0.05) is 6.04 Å². The van der Waals surface area contributed by atoms with E-state index in [9.17, 15) is 13.2 Å². The Labute approximate surface area is 112 Å². The van der Waals surface area contributed by atoms with E-state index in [1.807, 2.05) is 20.9 Å². The summed E-state index contributed by atoms with van der Waals surface area (Å²) in [7, 11) is 1.97. The first kappa shape index (κ1) is 17.3. The molecular formula is C13H19ClF3N.